The van der Waals surface area contributed by atoms with Crippen molar-refractivity contribution in [2.75, 3.05) is 13.2 Å². The van der Waals surface area contributed by atoms with Gasteiger partial charge in [0.25, 0.3) is 5.56 Å². The van der Waals surface area contributed by atoms with Crippen LogP contribution < -0.4 is 16.2 Å². The molecule has 0 saturated carbocycles. The van der Waals surface area contributed by atoms with Crippen LogP contribution in [0.15, 0.2) is 15.8 Å². The maximum atomic E-state index is 11.9. The first-order chi connectivity index (χ1) is 9.53. The van der Waals surface area contributed by atoms with Gasteiger partial charge in [0.2, 0.25) is 0 Å². The minimum absolute atomic E-state index is 0.123. The lowest BCUT2D eigenvalue weighted by atomic mass is 10.3. The molecule has 1 heterocycles. The molecule has 2 atom stereocenters. The quantitative estimate of drug-likeness (QED) is 0.496. The summed E-state index contributed by atoms with van der Waals surface area (Å²) in [6.45, 7) is 7.45. The summed E-state index contributed by atoms with van der Waals surface area (Å²) in [6, 6.07) is 0. The van der Waals surface area contributed by atoms with Crippen molar-refractivity contribution in [3.8, 4) is 0 Å². The summed E-state index contributed by atoms with van der Waals surface area (Å²) in [7, 11) is 0. The van der Waals surface area contributed by atoms with Crippen LogP contribution in [0.4, 0.5) is 0 Å². The van der Waals surface area contributed by atoms with Gasteiger partial charge in [0, 0.05) is 11.8 Å². The molecule has 1 aromatic rings. The van der Waals surface area contributed by atoms with Crippen LogP contribution in [0.25, 0.3) is 0 Å². The van der Waals surface area contributed by atoms with Crippen molar-refractivity contribution in [1.82, 2.24) is 9.55 Å². The zero-order chi connectivity index (χ0) is 15.1. The molecule has 112 valence electrons. The third-order valence-electron chi connectivity index (χ3n) is 3.03. The standard InChI is InChI=1S/C13H21N3O4/c1-4-10(8-17)20-11(5-6-14-3)16-7-9(2)12(18)15-13(16)19/h7,10-11,17H,3-6,8H2,1-2H3,(H,15,18,19)/p+1/t10-,11+/m0/s1. The van der Waals surface area contributed by atoms with E-state index in [2.05, 4.69) is 16.7 Å². The number of hydrogen-bond acceptors (Lipinski definition) is 4. The highest BCUT2D eigenvalue weighted by Crippen LogP contribution is 2.14. The maximum absolute atomic E-state index is 11.9. The van der Waals surface area contributed by atoms with Crippen LogP contribution in [0.3, 0.4) is 0 Å². The monoisotopic (exact) mass is 284 g/mol. The van der Waals surface area contributed by atoms with Crippen molar-refractivity contribution in [2.24, 2.45) is 0 Å². The molecule has 0 aliphatic rings. The molecule has 7 heteroatoms. The van der Waals surface area contributed by atoms with Crippen molar-refractivity contribution in [3.05, 3.63) is 32.6 Å². The van der Waals surface area contributed by atoms with Crippen molar-refractivity contribution in [3.63, 3.8) is 0 Å². The predicted octanol–water partition coefficient (Wildman–Crippen LogP) is -1.70. The van der Waals surface area contributed by atoms with E-state index in [1.807, 2.05) is 6.92 Å². The number of nitrogens with zero attached hydrogens (tertiary/aromatic N) is 1. The Hall–Kier alpha value is -1.73. The molecular formula is C13H22N3O4+. The van der Waals surface area contributed by atoms with Gasteiger partial charge >= 0.3 is 5.69 Å². The van der Waals surface area contributed by atoms with Crippen molar-refractivity contribution in [2.45, 2.75) is 39.0 Å². The Morgan fingerprint density at radius 3 is 2.80 bits per heavy atom. The van der Waals surface area contributed by atoms with Crippen LogP contribution in [0, 0.1) is 6.92 Å². The molecule has 0 fully saturated rings. The Kier molecular flexibility index (Phi) is 6.33. The molecule has 0 amide bonds. The third-order valence-corrected chi connectivity index (χ3v) is 3.03. The highest BCUT2D eigenvalue weighted by atomic mass is 16.5. The second-order valence-electron chi connectivity index (χ2n) is 4.57. The zero-order valence-electron chi connectivity index (χ0n) is 11.9. The summed E-state index contributed by atoms with van der Waals surface area (Å²) < 4.78 is 7.08. The summed E-state index contributed by atoms with van der Waals surface area (Å²) in [6.07, 6.45) is 1.67. The molecule has 0 unspecified atom stereocenters. The van der Waals surface area contributed by atoms with Gasteiger partial charge in [-0.05, 0) is 13.3 Å². The van der Waals surface area contributed by atoms with E-state index in [0.717, 1.165) is 0 Å². The number of hydrogen-bond donors (Lipinski definition) is 3. The summed E-state index contributed by atoms with van der Waals surface area (Å²) in [5, 5.41) is 9.22. The fourth-order valence-corrected chi connectivity index (χ4v) is 1.79. The van der Waals surface area contributed by atoms with E-state index in [1.54, 1.807) is 6.92 Å². The lowest BCUT2D eigenvalue weighted by molar-refractivity contribution is -0.451. The van der Waals surface area contributed by atoms with Gasteiger partial charge in [0.15, 0.2) is 0 Å². The van der Waals surface area contributed by atoms with E-state index in [9.17, 15) is 14.7 Å². The number of aromatic amines is 1. The molecule has 3 N–H and O–H groups in total. The molecule has 20 heavy (non-hydrogen) atoms. The number of aliphatic hydroxyl groups excluding tert-OH is 1. The average molecular weight is 284 g/mol. The number of aliphatic hydroxyl groups is 1. The van der Waals surface area contributed by atoms with Crippen LogP contribution in [-0.4, -0.2) is 40.6 Å². The maximum Gasteiger partial charge on any atom is 0.330 e. The average Bonchev–Trinajstić information content (AvgIpc) is 2.44. The summed E-state index contributed by atoms with van der Waals surface area (Å²) in [4.78, 5) is 28.3. The van der Waals surface area contributed by atoms with Crippen molar-refractivity contribution >= 4 is 6.72 Å². The van der Waals surface area contributed by atoms with Gasteiger partial charge in [-0.15, -0.1) is 0 Å². The van der Waals surface area contributed by atoms with Crippen molar-refractivity contribution < 1.29 is 14.8 Å². The number of nitrogens with one attached hydrogen (secondary N) is 2. The summed E-state index contributed by atoms with van der Waals surface area (Å²) in [5.41, 5.74) is -0.505. The molecule has 7 nitrogen and oxygen atoms in total. The van der Waals surface area contributed by atoms with Gasteiger partial charge in [-0.3, -0.25) is 19.3 Å². The largest absolute Gasteiger partial charge is 0.394 e. The van der Waals surface area contributed by atoms with Gasteiger partial charge < -0.3 is 9.84 Å². The van der Waals surface area contributed by atoms with Gasteiger partial charge in [-0.1, -0.05) is 6.92 Å². The van der Waals surface area contributed by atoms with E-state index in [-0.39, 0.29) is 12.7 Å². The molecule has 0 spiro atoms. The second kappa shape index (κ2) is 7.76. The molecule has 1 aromatic heterocycles. The molecule has 1 rings (SSSR count). The first kappa shape index (κ1) is 16.3. The smallest absolute Gasteiger partial charge is 0.330 e. The highest BCUT2D eigenvalue weighted by molar-refractivity contribution is 5.12. The lowest BCUT2D eigenvalue weighted by Gasteiger charge is -2.23. The fourth-order valence-electron chi connectivity index (χ4n) is 1.79. The van der Waals surface area contributed by atoms with Crippen LogP contribution >= 0.6 is 0 Å². The minimum Gasteiger partial charge on any atom is -0.394 e. The van der Waals surface area contributed by atoms with Crippen LogP contribution in [0.1, 0.15) is 31.6 Å². The fraction of sp³-hybridized carbons (Fsp3) is 0.615. The molecule has 0 aliphatic carbocycles. The van der Waals surface area contributed by atoms with E-state index < -0.39 is 17.5 Å². The lowest BCUT2D eigenvalue weighted by Crippen LogP contribution is -2.66. The Morgan fingerprint density at radius 1 is 1.55 bits per heavy atom. The van der Waals surface area contributed by atoms with Gasteiger partial charge in [-0.25, -0.2) is 4.79 Å². The summed E-state index contributed by atoms with van der Waals surface area (Å²) in [5.74, 6) is 0. The third kappa shape index (κ3) is 4.14. The number of aromatic nitrogens is 2. The zero-order valence-corrected chi connectivity index (χ0v) is 11.9. The second-order valence-corrected chi connectivity index (χ2v) is 4.57. The molecule has 0 radical (unpaired) electrons. The van der Waals surface area contributed by atoms with Crippen LogP contribution in [0.2, 0.25) is 0 Å². The number of H-pyrrole nitrogens is 1. The topological polar surface area (TPSA) is 98.3 Å². The number of aryl methyl sites for hydroxylation is 1. The summed E-state index contributed by atoms with van der Waals surface area (Å²) >= 11 is 0. The van der Waals surface area contributed by atoms with Gasteiger partial charge in [0.1, 0.15) is 19.5 Å². The van der Waals surface area contributed by atoms with Crippen LogP contribution in [0.5, 0.6) is 0 Å². The Bertz CT molecular complexity index is 545. The van der Waals surface area contributed by atoms with Gasteiger partial charge in [-0.2, -0.15) is 0 Å². The SMILES string of the molecule is C=[NH+]CC[C@@H](O[C@@H](CC)CO)n1cc(C)c(=O)[nH]c1=O. The molecule has 0 aromatic carbocycles. The number of rotatable bonds is 8. The van der Waals surface area contributed by atoms with Gasteiger partial charge in [0.05, 0.1) is 19.1 Å². The Labute approximate surface area is 116 Å². The predicted molar refractivity (Wildman–Crippen MR) is 74.9 cm³/mol. The van der Waals surface area contributed by atoms with E-state index in [1.165, 1.54) is 10.8 Å². The molecular weight excluding hydrogens is 262 g/mol. The number of ether oxygens (including phenoxy) is 1. The first-order valence-electron chi connectivity index (χ1n) is 6.61. The van der Waals surface area contributed by atoms with Crippen molar-refractivity contribution in [1.29, 1.82) is 0 Å². The Balaban J connectivity index is 3.09. The Morgan fingerprint density at radius 2 is 2.25 bits per heavy atom. The molecule has 0 bridgehead atoms. The normalized spacial score (nSPS) is 13.9. The van der Waals surface area contributed by atoms with E-state index >= 15 is 0 Å². The van der Waals surface area contributed by atoms with E-state index in [4.69, 9.17) is 4.74 Å². The molecule has 0 aliphatic heterocycles. The molecule has 0 saturated heterocycles. The first-order valence-corrected chi connectivity index (χ1v) is 6.61. The van der Waals surface area contributed by atoms with Crippen LogP contribution in [-0.2, 0) is 4.74 Å². The minimum atomic E-state index is -0.565. The highest BCUT2D eigenvalue weighted by Gasteiger charge is 2.19. The van der Waals surface area contributed by atoms with E-state index in [0.29, 0.717) is 24.9 Å².